The van der Waals surface area contributed by atoms with Crippen LogP contribution in [0, 0.1) is 0 Å². The van der Waals surface area contributed by atoms with Crippen molar-refractivity contribution in [3.05, 3.63) is 53.9 Å². The van der Waals surface area contributed by atoms with E-state index in [0.29, 0.717) is 0 Å². The van der Waals surface area contributed by atoms with E-state index in [1.54, 1.807) is 4.90 Å². The van der Waals surface area contributed by atoms with Crippen LogP contribution in [0.15, 0.2) is 53.9 Å². The van der Waals surface area contributed by atoms with Gasteiger partial charge in [0.05, 0.1) is 0 Å². The molecule has 0 spiro atoms. The van der Waals surface area contributed by atoms with Gasteiger partial charge in [-0.1, -0.05) is 30.4 Å². The van der Waals surface area contributed by atoms with Gasteiger partial charge in [-0.2, -0.15) is 0 Å². The van der Waals surface area contributed by atoms with E-state index in [-0.39, 0.29) is 5.88 Å². The molecule has 2 heteroatoms. The molecular formula is C13H17NO. The minimum absolute atomic E-state index is 0.244. The molecule has 1 rings (SSSR count). The first-order chi connectivity index (χ1) is 7.04. The smallest absolute Gasteiger partial charge is 0.194 e. The molecular weight excluding hydrogens is 186 g/mol. The fourth-order valence-electron chi connectivity index (χ4n) is 1.22. The zero-order valence-electron chi connectivity index (χ0n) is 9.49. The Balaban J connectivity index is 3.01. The summed E-state index contributed by atoms with van der Waals surface area (Å²) >= 11 is 0. The average Bonchev–Trinajstić information content (AvgIpc) is 2.27. The van der Waals surface area contributed by atoms with Crippen LogP contribution >= 0.6 is 0 Å². The Morgan fingerprint density at radius 2 is 1.73 bits per heavy atom. The van der Waals surface area contributed by atoms with Crippen LogP contribution in [0.2, 0.25) is 0 Å². The topological polar surface area (TPSA) is 23.5 Å². The lowest BCUT2D eigenvalue weighted by atomic mass is 10.1. The summed E-state index contributed by atoms with van der Waals surface area (Å²) in [4.78, 5) is 1.74. The number of aliphatic hydroxyl groups is 1. The molecule has 0 heterocycles. The van der Waals surface area contributed by atoms with E-state index in [2.05, 4.69) is 6.58 Å². The van der Waals surface area contributed by atoms with Crippen molar-refractivity contribution in [3.8, 4) is 0 Å². The summed E-state index contributed by atoms with van der Waals surface area (Å²) in [6.45, 7) is 7.55. The highest BCUT2D eigenvalue weighted by Crippen LogP contribution is 2.19. The lowest BCUT2D eigenvalue weighted by Gasteiger charge is -2.20. The SMILES string of the molecule is C=C(C)/C(C)=C(/O)N(C)c1ccccc1. The fraction of sp³-hybridized carbons (Fsp3) is 0.231. The largest absolute Gasteiger partial charge is 0.494 e. The number of para-hydroxylation sites is 1. The van der Waals surface area contributed by atoms with Gasteiger partial charge in [-0.25, -0.2) is 0 Å². The van der Waals surface area contributed by atoms with E-state index in [4.69, 9.17) is 0 Å². The number of aliphatic hydroxyl groups excluding tert-OH is 1. The molecule has 0 aliphatic heterocycles. The van der Waals surface area contributed by atoms with Crippen LogP contribution in [0.5, 0.6) is 0 Å². The van der Waals surface area contributed by atoms with E-state index in [0.717, 1.165) is 16.8 Å². The predicted octanol–water partition coefficient (Wildman–Crippen LogP) is 3.49. The van der Waals surface area contributed by atoms with Gasteiger partial charge in [-0.05, 0) is 26.0 Å². The van der Waals surface area contributed by atoms with Crippen molar-refractivity contribution in [1.82, 2.24) is 0 Å². The fourth-order valence-corrected chi connectivity index (χ4v) is 1.22. The maximum Gasteiger partial charge on any atom is 0.194 e. The molecule has 0 unspecified atom stereocenters. The Morgan fingerprint density at radius 1 is 1.20 bits per heavy atom. The summed E-state index contributed by atoms with van der Waals surface area (Å²) in [6, 6.07) is 9.72. The van der Waals surface area contributed by atoms with Crippen LogP contribution in [0.4, 0.5) is 5.69 Å². The molecule has 15 heavy (non-hydrogen) atoms. The average molecular weight is 203 g/mol. The molecule has 0 bridgehead atoms. The first kappa shape index (κ1) is 11.4. The second kappa shape index (κ2) is 4.69. The molecule has 0 saturated carbocycles. The maximum absolute atomic E-state index is 9.95. The highest BCUT2D eigenvalue weighted by molar-refractivity contribution is 5.51. The van der Waals surface area contributed by atoms with Crippen LogP contribution in [0.1, 0.15) is 13.8 Å². The summed E-state index contributed by atoms with van der Waals surface area (Å²) in [5.41, 5.74) is 2.63. The third-order valence-electron chi connectivity index (χ3n) is 2.44. The van der Waals surface area contributed by atoms with Gasteiger partial charge in [0.25, 0.3) is 0 Å². The Bertz CT molecular complexity index is 379. The Hall–Kier alpha value is -1.70. The summed E-state index contributed by atoms with van der Waals surface area (Å²) < 4.78 is 0. The van der Waals surface area contributed by atoms with Crippen molar-refractivity contribution in [2.45, 2.75) is 13.8 Å². The first-order valence-electron chi connectivity index (χ1n) is 4.88. The van der Waals surface area contributed by atoms with Gasteiger partial charge in [0, 0.05) is 18.3 Å². The van der Waals surface area contributed by atoms with Gasteiger partial charge in [-0.3, -0.25) is 0 Å². The van der Waals surface area contributed by atoms with E-state index in [9.17, 15) is 5.11 Å². The number of hydrogen-bond donors (Lipinski definition) is 1. The minimum atomic E-state index is 0.244. The van der Waals surface area contributed by atoms with E-state index in [1.807, 2.05) is 51.2 Å². The molecule has 0 aliphatic rings. The lowest BCUT2D eigenvalue weighted by Crippen LogP contribution is -2.17. The molecule has 0 saturated heterocycles. The molecule has 2 nitrogen and oxygen atoms in total. The van der Waals surface area contributed by atoms with Gasteiger partial charge in [0.2, 0.25) is 0 Å². The molecule has 80 valence electrons. The number of rotatable bonds is 3. The normalized spacial score (nSPS) is 11.9. The molecule has 0 atom stereocenters. The predicted molar refractivity (Wildman–Crippen MR) is 65.0 cm³/mol. The zero-order valence-corrected chi connectivity index (χ0v) is 9.49. The third-order valence-corrected chi connectivity index (χ3v) is 2.44. The molecule has 0 aliphatic carbocycles. The van der Waals surface area contributed by atoms with E-state index in [1.165, 1.54) is 0 Å². The third kappa shape index (κ3) is 2.62. The molecule has 1 aromatic rings. The van der Waals surface area contributed by atoms with Crippen LogP contribution in [0.25, 0.3) is 0 Å². The van der Waals surface area contributed by atoms with Crippen molar-refractivity contribution in [2.24, 2.45) is 0 Å². The van der Waals surface area contributed by atoms with Gasteiger partial charge in [0.15, 0.2) is 5.88 Å². The summed E-state index contributed by atoms with van der Waals surface area (Å²) in [7, 11) is 1.83. The first-order valence-corrected chi connectivity index (χ1v) is 4.88. The maximum atomic E-state index is 9.95. The molecule has 0 radical (unpaired) electrons. The van der Waals surface area contributed by atoms with Gasteiger partial charge in [-0.15, -0.1) is 0 Å². The van der Waals surface area contributed by atoms with Crippen molar-refractivity contribution in [2.75, 3.05) is 11.9 Å². The van der Waals surface area contributed by atoms with Crippen molar-refractivity contribution in [3.63, 3.8) is 0 Å². The van der Waals surface area contributed by atoms with E-state index >= 15 is 0 Å². The molecule has 1 aromatic carbocycles. The Morgan fingerprint density at radius 3 is 2.20 bits per heavy atom. The summed E-state index contributed by atoms with van der Waals surface area (Å²) in [5, 5.41) is 9.95. The van der Waals surface area contributed by atoms with Gasteiger partial charge < -0.3 is 10.0 Å². The van der Waals surface area contributed by atoms with Gasteiger partial charge >= 0.3 is 0 Å². The lowest BCUT2D eigenvalue weighted by molar-refractivity contribution is 0.391. The zero-order chi connectivity index (χ0) is 11.4. The summed E-state index contributed by atoms with van der Waals surface area (Å²) in [5.74, 6) is 0.244. The highest BCUT2D eigenvalue weighted by Gasteiger charge is 2.08. The van der Waals surface area contributed by atoms with Crippen LogP contribution in [-0.2, 0) is 0 Å². The molecule has 0 fully saturated rings. The molecule has 0 amide bonds. The van der Waals surface area contributed by atoms with E-state index < -0.39 is 0 Å². The second-order valence-corrected chi connectivity index (χ2v) is 3.62. The van der Waals surface area contributed by atoms with Gasteiger partial charge in [0.1, 0.15) is 0 Å². The van der Waals surface area contributed by atoms with Crippen molar-refractivity contribution < 1.29 is 5.11 Å². The molecule has 0 aromatic heterocycles. The van der Waals surface area contributed by atoms with Crippen LogP contribution in [-0.4, -0.2) is 12.2 Å². The van der Waals surface area contributed by atoms with Crippen molar-refractivity contribution >= 4 is 5.69 Å². The number of anilines is 1. The van der Waals surface area contributed by atoms with Crippen molar-refractivity contribution in [1.29, 1.82) is 0 Å². The number of nitrogens with zero attached hydrogens (tertiary/aromatic N) is 1. The minimum Gasteiger partial charge on any atom is -0.494 e. The molecule has 1 N–H and O–H groups in total. The number of allylic oxidation sites excluding steroid dienone is 2. The summed E-state index contributed by atoms with van der Waals surface area (Å²) in [6.07, 6.45) is 0. The monoisotopic (exact) mass is 203 g/mol. The second-order valence-electron chi connectivity index (χ2n) is 3.62. The number of benzene rings is 1. The number of hydrogen-bond acceptors (Lipinski definition) is 2. The quantitative estimate of drug-likeness (QED) is 0.600. The van der Waals surface area contributed by atoms with Crippen LogP contribution < -0.4 is 4.90 Å². The Labute approximate surface area is 91.2 Å². The highest BCUT2D eigenvalue weighted by atomic mass is 16.3. The van der Waals surface area contributed by atoms with Crippen LogP contribution in [0.3, 0.4) is 0 Å². The standard InChI is InChI=1S/C13H17NO/c1-10(2)11(3)13(15)14(4)12-8-6-5-7-9-12/h5-9,15H,1H2,2-4H3/b13-11+. The Kier molecular flexibility index (Phi) is 3.56.